The molecule has 0 saturated carbocycles. The van der Waals surface area contributed by atoms with Crippen LogP contribution in [-0.2, 0) is 12.7 Å². The van der Waals surface area contributed by atoms with Crippen LogP contribution in [-0.4, -0.2) is 36.6 Å². The van der Waals surface area contributed by atoms with E-state index in [4.69, 9.17) is 0 Å². The number of amides is 1. The minimum atomic E-state index is -4.39. The van der Waals surface area contributed by atoms with Gasteiger partial charge in [0.15, 0.2) is 5.96 Å². The number of phenolic OH excluding ortho intramolecular Hbond substituents is 1. The molecule has 0 fully saturated rings. The van der Waals surface area contributed by atoms with Gasteiger partial charge in [0.1, 0.15) is 5.75 Å². The molecule has 0 aliphatic rings. The van der Waals surface area contributed by atoms with Crippen LogP contribution in [0, 0.1) is 0 Å². The first-order valence-electron chi connectivity index (χ1n) is 9.05. The number of rotatable bonds is 7. The summed E-state index contributed by atoms with van der Waals surface area (Å²) in [4.78, 5) is 16.3. The van der Waals surface area contributed by atoms with Gasteiger partial charge >= 0.3 is 6.18 Å². The fourth-order valence-corrected chi connectivity index (χ4v) is 2.43. The number of carbonyl (C=O) groups is 1. The Hall–Kier alpha value is -3.23. The highest BCUT2D eigenvalue weighted by atomic mass is 19.4. The minimum absolute atomic E-state index is 0.0791. The smallest absolute Gasteiger partial charge is 0.416 e. The van der Waals surface area contributed by atoms with Gasteiger partial charge in [0, 0.05) is 25.2 Å². The van der Waals surface area contributed by atoms with E-state index in [9.17, 15) is 23.1 Å². The van der Waals surface area contributed by atoms with Gasteiger partial charge in [-0.2, -0.15) is 13.2 Å². The van der Waals surface area contributed by atoms with Crippen LogP contribution >= 0.6 is 0 Å². The lowest BCUT2D eigenvalue weighted by Crippen LogP contribution is -2.41. The summed E-state index contributed by atoms with van der Waals surface area (Å²) in [6, 6.07) is 10.9. The van der Waals surface area contributed by atoms with Crippen molar-refractivity contribution in [3.05, 3.63) is 65.2 Å². The lowest BCUT2D eigenvalue weighted by Gasteiger charge is -2.12. The zero-order valence-electron chi connectivity index (χ0n) is 15.9. The van der Waals surface area contributed by atoms with Crippen LogP contribution in [0.1, 0.15) is 28.4 Å². The summed E-state index contributed by atoms with van der Waals surface area (Å²) in [6.45, 7) is 3.22. The first kappa shape index (κ1) is 22.1. The van der Waals surface area contributed by atoms with Gasteiger partial charge < -0.3 is 21.1 Å². The number of alkyl halides is 3. The zero-order valence-corrected chi connectivity index (χ0v) is 15.9. The third-order valence-electron chi connectivity index (χ3n) is 3.85. The summed E-state index contributed by atoms with van der Waals surface area (Å²) < 4.78 is 38.4. The molecular formula is C20H23F3N4O2. The molecule has 0 unspecified atom stereocenters. The van der Waals surface area contributed by atoms with Crippen LogP contribution in [0.5, 0.6) is 5.75 Å². The molecule has 0 aromatic heterocycles. The Morgan fingerprint density at radius 3 is 2.38 bits per heavy atom. The number of benzene rings is 2. The molecule has 4 N–H and O–H groups in total. The molecule has 0 heterocycles. The number of halogens is 3. The number of aliphatic imine (C=N–C) groups is 1. The fourth-order valence-electron chi connectivity index (χ4n) is 2.43. The number of phenols is 1. The number of nitrogens with one attached hydrogen (secondary N) is 3. The second-order valence-electron chi connectivity index (χ2n) is 6.12. The largest absolute Gasteiger partial charge is 0.508 e. The van der Waals surface area contributed by atoms with Crippen molar-refractivity contribution in [1.29, 1.82) is 0 Å². The summed E-state index contributed by atoms with van der Waals surface area (Å²) in [5, 5.41) is 18.0. The minimum Gasteiger partial charge on any atom is -0.508 e. The van der Waals surface area contributed by atoms with E-state index in [2.05, 4.69) is 20.9 Å². The molecule has 156 valence electrons. The topological polar surface area (TPSA) is 85.8 Å². The molecule has 0 saturated heterocycles. The van der Waals surface area contributed by atoms with Crippen LogP contribution in [0.25, 0.3) is 0 Å². The first-order chi connectivity index (χ1) is 13.8. The lowest BCUT2D eigenvalue weighted by atomic mass is 10.1. The van der Waals surface area contributed by atoms with Crippen molar-refractivity contribution in [1.82, 2.24) is 16.0 Å². The van der Waals surface area contributed by atoms with Gasteiger partial charge in [-0.3, -0.25) is 4.79 Å². The van der Waals surface area contributed by atoms with Crippen LogP contribution in [0.3, 0.4) is 0 Å². The van der Waals surface area contributed by atoms with Crippen molar-refractivity contribution in [3.63, 3.8) is 0 Å². The molecule has 0 bridgehead atoms. The van der Waals surface area contributed by atoms with Gasteiger partial charge in [-0.05, 0) is 48.9 Å². The number of hydrogen-bond acceptors (Lipinski definition) is 3. The number of guanidine groups is 1. The summed E-state index contributed by atoms with van der Waals surface area (Å²) >= 11 is 0. The van der Waals surface area contributed by atoms with E-state index < -0.39 is 11.7 Å². The van der Waals surface area contributed by atoms with Gasteiger partial charge in [-0.1, -0.05) is 12.1 Å². The second-order valence-corrected chi connectivity index (χ2v) is 6.12. The average Bonchev–Trinajstić information content (AvgIpc) is 2.69. The third kappa shape index (κ3) is 7.36. The molecule has 29 heavy (non-hydrogen) atoms. The van der Waals surface area contributed by atoms with E-state index in [-0.39, 0.29) is 18.2 Å². The monoisotopic (exact) mass is 408 g/mol. The Bertz CT molecular complexity index is 836. The van der Waals surface area contributed by atoms with E-state index in [0.717, 1.165) is 12.1 Å². The van der Waals surface area contributed by atoms with Crippen molar-refractivity contribution in [2.24, 2.45) is 4.99 Å². The normalized spacial score (nSPS) is 11.8. The molecule has 0 aliphatic carbocycles. The predicted octanol–water partition coefficient (Wildman–Crippen LogP) is 2.90. The van der Waals surface area contributed by atoms with Crippen LogP contribution in [0.2, 0.25) is 0 Å². The highest BCUT2D eigenvalue weighted by molar-refractivity contribution is 5.94. The maximum atomic E-state index is 12.8. The second kappa shape index (κ2) is 10.4. The van der Waals surface area contributed by atoms with E-state index >= 15 is 0 Å². The zero-order chi connectivity index (χ0) is 21.3. The summed E-state index contributed by atoms with van der Waals surface area (Å²) in [7, 11) is 0. The van der Waals surface area contributed by atoms with Crippen molar-refractivity contribution in [2.75, 3.05) is 19.6 Å². The standard InChI is InChI=1S/C20H23F3N4O2/c1-2-24-19(27-13-14-4-3-5-16(12-14)20(21,22)23)26-11-10-25-18(29)15-6-8-17(28)9-7-15/h3-9,12,28H,2,10-11,13H2,1H3,(H,25,29)(H2,24,26,27). The molecule has 0 radical (unpaired) electrons. The van der Waals surface area contributed by atoms with Crippen LogP contribution in [0.15, 0.2) is 53.5 Å². The maximum absolute atomic E-state index is 12.8. The van der Waals surface area contributed by atoms with E-state index in [1.807, 2.05) is 6.92 Å². The van der Waals surface area contributed by atoms with Gasteiger partial charge in [0.05, 0.1) is 12.1 Å². The number of hydrogen-bond donors (Lipinski definition) is 4. The van der Waals surface area contributed by atoms with Gasteiger partial charge in [-0.25, -0.2) is 4.99 Å². The molecule has 0 aliphatic heterocycles. The Kier molecular flexibility index (Phi) is 7.88. The maximum Gasteiger partial charge on any atom is 0.416 e. The molecule has 2 rings (SSSR count). The van der Waals surface area contributed by atoms with Crippen LogP contribution in [0.4, 0.5) is 13.2 Å². The molecule has 9 heteroatoms. The van der Waals surface area contributed by atoms with Gasteiger partial charge in [0.2, 0.25) is 0 Å². The van der Waals surface area contributed by atoms with Crippen molar-refractivity contribution >= 4 is 11.9 Å². The van der Waals surface area contributed by atoms with Crippen molar-refractivity contribution < 1.29 is 23.1 Å². The molecule has 6 nitrogen and oxygen atoms in total. The number of nitrogens with zero attached hydrogens (tertiary/aromatic N) is 1. The summed E-state index contributed by atoms with van der Waals surface area (Å²) in [6.07, 6.45) is -4.39. The lowest BCUT2D eigenvalue weighted by molar-refractivity contribution is -0.137. The molecule has 1 amide bonds. The fraction of sp³-hybridized carbons (Fsp3) is 0.300. The predicted molar refractivity (Wildman–Crippen MR) is 105 cm³/mol. The molecular weight excluding hydrogens is 385 g/mol. The first-order valence-corrected chi connectivity index (χ1v) is 9.05. The van der Waals surface area contributed by atoms with Crippen molar-refractivity contribution in [3.8, 4) is 5.75 Å². The summed E-state index contributed by atoms with van der Waals surface area (Å²) in [5.74, 6) is 0.233. The molecule has 0 atom stereocenters. The van der Waals surface area contributed by atoms with Crippen LogP contribution < -0.4 is 16.0 Å². The quantitative estimate of drug-likeness (QED) is 0.322. The van der Waals surface area contributed by atoms with Crippen molar-refractivity contribution in [2.45, 2.75) is 19.6 Å². The van der Waals surface area contributed by atoms with E-state index in [1.54, 1.807) is 6.07 Å². The Balaban J connectivity index is 1.86. The van der Waals surface area contributed by atoms with E-state index in [0.29, 0.717) is 36.7 Å². The molecule has 0 spiro atoms. The highest BCUT2D eigenvalue weighted by Gasteiger charge is 2.30. The average molecular weight is 408 g/mol. The number of carbonyl (C=O) groups excluding carboxylic acids is 1. The SMILES string of the molecule is CCNC(=NCc1cccc(C(F)(F)F)c1)NCCNC(=O)c1ccc(O)cc1. The molecule has 2 aromatic carbocycles. The Morgan fingerprint density at radius 1 is 1.03 bits per heavy atom. The Morgan fingerprint density at radius 2 is 1.72 bits per heavy atom. The highest BCUT2D eigenvalue weighted by Crippen LogP contribution is 2.29. The Labute approximate surface area is 166 Å². The van der Waals surface area contributed by atoms with Gasteiger partial charge in [-0.15, -0.1) is 0 Å². The molecule has 2 aromatic rings. The number of aromatic hydroxyl groups is 1. The van der Waals surface area contributed by atoms with Gasteiger partial charge in [0.25, 0.3) is 5.91 Å². The van der Waals surface area contributed by atoms with E-state index in [1.165, 1.54) is 30.3 Å². The summed E-state index contributed by atoms with van der Waals surface area (Å²) in [5.41, 5.74) is 0.158. The third-order valence-corrected chi connectivity index (χ3v) is 3.85.